The second-order valence-electron chi connectivity index (χ2n) is 12.0. The molecule has 0 saturated heterocycles. The fourth-order valence-electron chi connectivity index (χ4n) is 8.67. The summed E-state index contributed by atoms with van der Waals surface area (Å²) in [4.78, 5) is 27.9. The zero-order valence-corrected chi connectivity index (χ0v) is 21.4. The lowest BCUT2D eigenvalue weighted by Gasteiger charge is -2.62. The summed E-state index contributed by atoms with van der Waals surface area (Å²) in [6.07, 6.45) is 9.00. The number of fused-ring (bicyclic) bond motifs is 5. The number of benzene rings is 1. The molecule has 190 valence electrons. The fraction of sp³-hybridized carbons (Fsp3) is 0.714. The summed E-state index contributed by atoms with van der Waals surface area (Å²) in [5.74, 6) is 3.58. The van der Waals surface area contributed by atoms with E-state index < -0.39 is 4.92 Å². The molecule has 8 atom stereocenters. The first kappa shape index (κ1) is 24.3. The van der Waals surface area contributed by atoms with E-state index in [9.17, 15) is 14.9 Å². The first-order valence-electron chi connectivity index (χ1n) is 13.3. The summed E-state index contributed by atoms with van der Waals surface area (Å²) >= 11 is 0. The van der Waals surface area contributed by atoms with Gasteiger partial charge in [0.25, 0.3) is 5.69 Å². The molecule has 4 fully saturated rings. The minimum absolute atomic E-state index is 0.0498. The predicted molar refractivity (Wildman–Crippen MR) is 133 cm³/mol. The lowest BCUT2D eigenvalue weighted by atomic mass is 9.43. The van der Waals surface area contributed by atoms with Crippen LogP contribution in [0, 0.1) is 50.5 Å². The molecule has 1 aromatic rings. The number of non-ortho nitro benzene ring substituents is 1. The normalized spacial score (nSPS) is 41.4. The van der Waals surface area contributed by atoms with Gasteiger partial charge in [-0.15, -0.1) is 0 Å². The standard InChI is InChI=1S/C28H38N2O5/c1-17-15-20(29-35-22-8-6-21(7-9-22)30(32)33)16-19-5-10-23-24-11-12-26(34-18(2)31)27(24,3)14-13-25(23)28(17,19)4/h6-9,17,19,23-26H,5,10-16H2,1-4H3/b29-20+/t17-,19-,23-,24-,25-,26-,27-,28-/m0/s1. The SMILES string of the molecule is CC(=O)O[C@H]1CC[C@H]2[C@@H]3CC[C@H]4C/C(=N/Oc5ccc([N+](=O)[O-])cc5)C[C@H](C)[C@]4(C)[C@H]3CC[C@]12C. The first-order valence-corrected chi connectivity index (χ1v) is 13.3. The summed E-state index contributed by atoms with van der Waals surface area (Å²) in [6, 6.07) is 6.10. The van der Waals surface area contributed by atoms with Crippen molar-refractivity contribution in [1.29, 1.82) is 0 Å². The summed E-state index contributed by atoms with van der Waals surface area (Å²) in [5, 5.41) is 15.4. The average molecular weight is 483 g/mol. The third kappa shape index (κ3) is 4.05. The van der Waals surface area contributed by atoms with Gasteiger partial charge in [-0.2, -0.15) is 0 Å². The molecule has 7 nitrogen and oxygen atoms in total. The molecule has 0 aromatic heterocycles. The molecular formula is C28H38N2O5. The molecular weight excluding hydrogens is 444 g/mol. The molecule has 7 heteroatoms. The highest BCUT2D eigenvalue weighted by Crippen LogP contribution is 2.67. The third-order valence-corrected chi connectivity index (χ3v) is 10.6. The van der Waals surface area contributed by atoms with Crippen molar-refractivity contribution in [1.82, 2.24) is 0 Å². The van der Waals surface area contributed by atoms with E-state index in [-0.39, 0.29) is 28.6 Å². The van der Waals surface area contributed by atoms with Gasteiger partial charge >= 0.3 is 5.97 Å². The minimum atomic E-state index is -0.411. The lowest BCUT2D eigenvalue weighted by molar-refractivity contribution is -0.384. The number of nitrogens with zero attached hydrogens (tertiary/aromatic N) is 2. The number of ether oxygens (including phenoxy) is 1. The monoisotopic (exact) mass is 482 g/mol. The molecule has 1 aromatic carbocycles. The second kappa shape index (κ2) is 8.90. The molecule has 0 spiro atoms. The highest BCUT2D eigenvalue weighted by Gasteiger charge is 2.62. The fourth-order valence-corrected chi connectivity index (χ4v) is 8.67. The van der Waals surface area contributed by atoms with Gasteiger partial charge in [0, 0.05) is 24.5 Å². The number of rotatable bonds is 4. The Labute approximate surface area is 207 Å². The first-order chi connectivity index (χ1) is 16.6. The Kier molecular flexibility index (Phi) is 6.17. The Morgan fingerprint density at radius 1 is 1.06 bits per heavy atom. The Balaban J connectivity index is 1.30. The van der Waals surface area contributed by atoms with E-state index in [2.05, 4.69) is 25.9 Å². The van der Waals surface area contributed by atoms with Gasteiger partial charge in [0.15, 0.2) is 5.75 Å². The third-order valence-electron chi connectivity index (χ3n) is 10.6. The van der Waals surface area contributed by atoms with E-state index in [1.165, 1.54) is 37.8 Å². The number of hydrogen-bond acceptors (Lipinski definition) is 6. The number of carbonyl (C=O) groups is 1. The van der Waals surface area contributed by atoms with Gasteiger partial charge in [-0.25, -0.2) is 0 Å². The molecule has 4 saturated carbocycles. The second-order valence-corrected chi connectivity index (χ2v) is 12.0. The van der Waals surface area contributed by atoms with E-state index in [0.717, 1.165) is 31.4 Å². The Morgan fingerprint density at radius 2 is 1.80 bits per heavy atom. The molecule has 0 heterocycles. The average Bonchev–Trinajstić information content (AvgIpc) is 3.14. The van der Waals surface area contributed by atoms with Crippen molar-refractivity contribution in [3.63, 3.8) is 0 Å². The van der Waals surface area contributed by atoms with Crippen LogP contribution in [0.15, 0.2) is 29.4 Å². The van der Waals surface area contributed by atoms with Crippen LogP contribution < -0.4 is 4.84 Å². The lowest BCUT2D eigenvalue weighted by Crippen LogP contribution is -2.56. The van der Waals surface area contributed by atoms with Gasteiger partial charge < -0.3 is 9.57 Å². The van der Waals surface area contributed by atoms with Crippen molar-refractivity contribution in [3.8, 4) is 5.75 Å². The van der Waals surface area contributed by atoms with Gasteiger partial charge in [-0.3, -0.25) is 14.9 Å². The van der Waals surface area contributed by atoms with Gasteiger partial charge in [-0.1, -0.05) is 25.9 Å². The van der Waals surface area contributed by atoms with Crippen molar-refractivity contribution in [2.24, 2.45) is 45.6 Å². The molecule has 4 aliphatic rings. The summed E-state index contributed by atoms with van der Waals surface area (Å²) in [6.45, 7) is 8.85. The van der Waals surface area contributed by atoms with Crippen LogP contribution in [0.25, 0.3) is 0 Å². The number of carbonyl (C=O) groups excluding carboxylic acids is 1. The molecule has 0 amide bonds. The molecule has 0 N–H and O–H groups in total. The highest BCUT2D eigenvalue weighted by atomic mass is 16.6. The highest BCUT2D eigenvalue weighted by molar-refractivity contribution is 5.85. The number of hydrogen-bond donors (Lipinski definition) is 0. The van der Waals surface area contributed by atoms with Crippen LogP contribution in [-0.2, 0) is 9.53 Å². The van der Waals surface area contributed by atoms with Gasteiger partial charge in [-0.05, 0) is 98.5 Å². The van der Waals surface area contributed by atoms with Crippen LogP contribution in [-0.4, -0.2) is 22.7 Å². The molecule has 0 bridgehead atoms. The Morgan fingerprint density at radius 3 is 2.49 bits per heavy atom. The smallest absolute Gasteiger partial charge is 0.302 e. The Bertz CT molecular complexity index is 1020. The van der Waals surface area contributed by atoms with E-state index in [1.54, 1.807) is 19.1 Å². The van der Waals surface area contributed by atoms with Crippen molar-refractivity contribution < 1.29 is 19.3 Å². The number of oxime groups is 1. The van der Waals surface area contributed by atoms with Crippen LogP contribution in [0.5, 0.6) is 5.75 Å². The van der Waals surface area contributed by atoms with Crippen molar-refractivity contribution in [2.75, 3.05) is 0 Å². The summed E-state index contributed by atoms with van der Waals surface area (Å²) in [5.41, 5.74) is 1.57. The Hall–Kier alpha value is -2.44. The quantitative estimate of drug-likeness (QED) is 0.276. The zero-order chi connectivity index (χ0) is 25.0. The molecule has 0 aliphatic heterocycles. The van der Waals surface area contributed by atoms with Crippen LogP contribution in [0.2, 0.25) is 0 Å². The number of nitro groups is 1. The molecule has 0 radical (unpaired) electrons. The van der Waals surface area contributed by atoms with Crippen LogP contribution >= 0.6 is 0 Å². The van der Waals surface area contributed by atoms with Crippen molar-refractivity contribution in [3.05, 3.63) is 34.4 Å². The van der Waals surface area contributed by atoms with E-state index in [0.29, 0.717) is 35.3 Å². The van der Waals surface area contributed by atoms with Gasteiger partial charge in [0.2, 0.25) is 0 Å². The number of esters is 1. The summed E-state index contributed by atoms with van der Waals surface area (Å²) < 4.78 is 5.81. The molecule has 5 rings (SSSR count). The minimum Gasteiger partial charge on any atom is -0.462 e. The van der Waals surface area contributed by atoms with Crippen LogP contribution in [0.1, 0.15) is 79.1 Å². The number of nitro benzene ring substituents is 1. The predicted octanol–water partition coefficient (Wildman–Crippen LogP) is 6.55. The molecule has 4 aliphatic carbocycles. The van der Waals surface area contributed by atoms with Crippen LogP contribution in [0.3, 0.4) is 0 Å². The zero-order valence-electron chi connectivity index (χ0n) is 21.4. The van der Waals surface area contributed by atoms with E-state index in [1.807, 2.05) is 0 Å². The van der Waals surface area contributed by atoms with E-state index >= 15 is 0 Å². The van der Waals surface area contributed by atoms with Gasteiger partial charge in [0.05, 0.1) is 10.6 Å². The summed E-state index contributed by atoms with van der Waals surface area (Å²) in [7, 11) is 0. The van der Waals surface area contributed by atoms with Crippen molar-refractivity contribution >= 4 is 17.4 Å². The van der Waals surface area contributed by atoms with Crippen molar-refractivity contribution in [2.45, 2.75) is 85.2 Å². The topological polar surface area (TPSA) is 91.0 Å². The maximum absolute atomic E-state index is 11.7. The largest absolute Gasteiger partial charge is 0.462 e. The van der Waals surface area contributed by atoms with E-state index in [4.69, 9.17) is 9.57 Å². The maximum Gasteiger partial charge on any atom is 0.302 e. The maximum atomic E-state index is 11.7. The van der Waals surface area contributed by atoms with Crippen LogP contribution in [0.4, 0.5) is 5.69 Å². The van der Waals surface area contributed by atoms with Gasteiger partial charge in [0.1, 0.15) is 6.10 Å². The molecule has 35 heavy (non-hydrogen) atoms. The molecule has 0 unspecified atom stereocenters.